The van der Waals surface area contributed by atoms with Gasteiger partial charge in [0.1, 0.15) is 9.84 Å². The number of carbonyl (C=O) groups excluding carboxylic acids is 2. The highest BCUT2D eigenvalue weighted by Gasteiger charge is 2.57. The molecule has 0 amide bonds. The van der Waals surface area contributed by atoms with Crippen molar-refractivity contribution in [1.29, 1.82) is 0 Å². The second kappa shape index (κ2) is 7.64. The van der Waals surface area contributed by atoms with E-state index in [1.165, 1.54) is 0 Å². The minimum absolute atomic E-state index is 0.0924. The smallest absolute Gasteiger partial charge is 0.323 e. The fourth-order valence-corrected chi connectivity index (χ4v) is 4.56. The molecule has 128 valence electrons. The molecule has 1 fully saturated rings. The van der Waals surface area contributed by atoms with Gasteiger partial charge in [0, 0.05) is 12.1 Å². The highest BCUT2D eigenvalue weighted by Crippen LogP contribution is 2.48. The quantitative estimate of drug-likeness (QED) is 0.390. The third kappa shape index (κ3) is 4.35. The van der Waals surface area contributed by atoms with Gasteiger partial charge in [0.2, 0.25) is 0 Å². The first-order valence-electron chi connectivity index (χ1n) is 7.28. The molecule has 1 aliphatic rings. The highest BCUT2D eigenvalue weighted by atomic mass is 35.5. The Hall–Kier alpha value is -0.820. The van der Waals surface area contributed by atoms with E-state index in [4.69, 9.17) is 21.1 Å². The van der Waals surface area contributed by atoms with Gasteiger partial charge in [0.15, 0.2) is 5.41 Å². The van der Waals surface area contributed by atoms with Crippen LogP contribution in [-0.2, 0) is 28.9 Å². The van der Waals surface area contributed by atoms with Gasteiger partial charge >= 0.3 is 11.9 Å². The molecular formula is C14H23ClO6S. The lowest BCUT2D eigenvalue weighted by Gasteiger charge is -2.24. The number of alkyl halides is 1. The van der Waals surface area contributed by atoms with Crippen molar-refractivity contribution in [3.05, 3.63) is 0 Å². The van der Waals surface area contributed by atoms with Crippen LogP contribution in [0.4, 0.5) is 0 Å². The van der Waals surface area contributed by atoms with E-state index in [9.17, 15) is 18.0 Å². The monoisotopic (exact) mass is 354 g/mol. The summed E-state index contributed by atoms with van der Waals surface area (Å²) < 4.78 is 33.2. The zero-order valence-corrected chi connectivity index (χ0v) is 14.7. The van der Waals surface area contributed by atoms with E-state index >= 15 is 0 Å². The molecule has 1 rings (SSSR count). The maximum absolute atomic E-state index is 12.3. The normalized spacial score (nSPS) is 24.0. The molecule has 0 radical (unpaired) electrons. The Morgan fingerprint density at radius 2 is 1.55 bits per heavy atom. The minimum atomic E-state index is -3.24. The molecule has 0 N–H and O–H groups in total. The Kier molecular flexibility index (Phi) is 6.67. The first-order valence-corrected chi connectivity index (χ1v) is 9.87. The van der Waals surface area contributed by atoms with Crippen LogP contribution in [0.25, 0.3) is 0 Å². The molecule has 0 aromatic rings. The summed E-state index contributed by atoms with van der Waals surface area (Å²) in [6.07, 6.45) is 1.39. The second-order valence-electron chi connectivity index (χ2n) is 5.70. The third-order valence-electron chi connectivity index (χ3n) is 3.94. The Balaban J connectivity index is 3.12. The molecule has 1 aliphatic carbocycles. The first-order chi connectivity index (χ1) is 10.2. The number of carbonyl (C=O) groups is 2. The van der Waals surface area contributed by atoms with Gasteiger partial charge < -0.3 is 9.47 Å². The Bertz CT molecular complexity index is 497. The predicted molar refractivity (Wildman–Crippen MR) is 82.3 cm³/mol. The standard InChI is InChI=1S/C14H23ClO6S/c1-4-20-12(16)14(13(17)21-5-2)6-10(8-15)11(7-14)9-22(3,18)19/h10-11H,4-9H2,1-3H3/t10-,11+/m1/s1. The fraction of sp³-hybridized carbons (Fsp3) is 0.857. The van der Waals surface area contributed by atoms with Crippen molar-refractivity contribution < 1.29 is 27.5 Å². The SMILES string of the molecule is CCOC(=O)C1(C(=O)OCC)C[C@H](CCl)[C@H](CS(C)(=O)=O)C1. The highest BCUT2D eigenvalue weighted by molar-refractivity contribution is 7.90. The molecular weight excluding hydrogens is 332 g/mol. The summed E-state index contributed by atoms with van der Waals surface area (Å²) in [7, 11) is -3.24. The number of sulfone groups is 1. The molecule has 0 heterocycles. The van der Waals surface area contributed by atoms with Gasteiger partial charge in [0.25, 0.3) is 0 Å². The van der Waals surface area contributed by atoms with E-state index in [1.54, 1.807) is 13.8 Å². The lowest BCUT2D eigenvalue weighted by atomic mass is 9.85. The lowest BCUT2D eigenvalue weighted by molar-refractivity contribution is -0.172. The largest absolute Gasteiger partial charge is 0.465 e. The van der Waals surface area contributed by atoms with Crippen molar-refractivity contribution in [1.82, 2.24) is 0 Å². The van der Waals surface area contributed by atoms with Gasteiger partial charge in [0.05, 0.1) is 19.0 Å². The Labute approximate surface area is 136 Å². The summed E-state index contributed by atoms with van der Waals surface area (Å²) in [4.78, 5) is 24.7. The molecule has 0 unspecified atom stereocenters. The number of hydrogen-bond donors (Lipinski definition) is 0. The van der Waals surface area contributed by atoms with Crippen LogP contribution in [0.1, 0.15) is 26.7 Å². The van der Waals surface area contributed by atoms with Crippen LogP contribution in [0.15, 0.2) is 0 Å². The zero-order valence-electron chi connectivity index (χ0n) is 13.1. The summed E-state index contributed by atoms with van der Waals surface area (Å²) >= 11 is 5.92. The van der Waals surface area contributed by atoms with Crippen molar-refractivity contribution in [2.45, 2.75) is 26.7 Å². The van der Waals surface area contributed by atoms with Crippen molar-refractivity contribution in [3.63, 3.8) is 0 Å². The average Bonchev–Trinajstić information content (AvgIpc) is 2.77. The van der Waals surface area contributed by atoms with Gasteiger partial charge in [-0.3, -0.25) is 9.59 Å². The molecule has 0 aromatic heterocycles. The van der Waals surface area contributed by atoms with Gasteiger partial charge in [-0.25, -0.2) is 8.42 Å². The maximum atomic E-state index is 12.3. The fourth-order valence-electron chi connectivity index (χ4n) is 3.03. The molecule has 6 nitrogen and oxygen atoms in total. The van der Waals surface area contributed by atoms with Crippen molar-refractivity contribution in [2.75, 3.05) is 31.1 Å². The van der Waals surface area contributed by atoms with Crippen LogP contribution in [-0.4, -0.2) is 51.5 Å². The number of rotatable bonds is 7. The summed E-state index contributed by atoms with van der Waals surface area (Å²) in [5, 5.41) is 0. The Morgan fingerprint density at radius 3 is 1.91 bits per heavy atom. The average molecular weight is 355 g/mol. The van der Waals surface area contributed by atoms with Gasteiger partial charge in [-0.2, -0.15) is 0 Å². The molecule has 22 heavy (non-hydrogen) atoms. The molecule has 0 aromatic carbocycles. The van der Waals surface area contributed by atoms with Gasteiger partial charge in [-0.1, -0.05) is 0 Å². The first kappa shape index (κ1) is 19.2. The third-order valence-corrected chi connectivity index (χ3v) is 5.37. The van der Waals surface area contributed by atoms with Gasteiger partial charge in [-0.15, -0.1) is 11.6 Å². The van der Waals surface area contributed by atoms with E-state index in [2.05, 4.69) is 0 Å². The summed E-state index contributed by atoms with van der Waals surface area (Å²) in [6, 6.07) is 0. The van der Waals surface area contributed by atoms with E-state index < -0.39 is 27.2 Å². The molecule has 1 saturated carbocycles. The van der Waals surface area contributed by atoms with E-state index in [-0.39, 0.29) is 49.5 Å². The number of ether oxygens (including phenoxy) is 2. The van der Waals surface area contributed by atoms with Gasteiger partial charge in [-0.05, 0) is 38.5 Å². The van der Waals surface area contributed by atoms with Crippen molar-refractivity contribution in [3.8, 4) is 0 Å². The van der Waals surface area contributed by atoms with E-state index in [0.29, 0.717) is 0 Å². The van der Waals surface area contributed by atoms with Crippen LogP contribution >= 0.6 is 11.6 Å². The number of esters is 2. The Morgan fingerprint density at radius 1 is 1.09 bits per heavy atom. The van der Waals surface area contributed by atoms with Crippen LogP contribution in [0.2, 0.25) is 0 Å². The van der Waals surface area contributed by atoms with Crippen LogP contribution in [0.3, 0.4) is 0 Å². The maximum Gasteiger partial charge on any atom is 0.323 e. The van der Waals surface area contributed by atoms with Crippen LogP contribution < -0.4 is 0 Å². The molecule has 0 spiro atoms. The molecule has 2 atom stereocenters. The molecule has 0 saturated heterocycles. The second-order valence-corrected chi connectivity index (χ2v) is 8.19. The molecule has 0 bridgehead atoms. The molecule has 8 heteroatoms. The lowest BCUT2D eigenvalue weighted by Crippen LogP contribution is -2.40. The van der Waals surface area contributed by atoms with E-state index in [1.807, 2.05) is 0 Å². The van der Waals surface area contributed by atoms with E-state index in [0.717, 1.165) is 6.26 Å². The number of halogens is 1. The molecule has 0 aliphatic heterocycles. The zero-order chi connectivity index (χ0) is 17.0. The van der Waals surface area contributed by atoms with Crippen molar-refractivity contribution >= 4 is 33.4 Å². The topological polar surface area (TPSA) is 86.7 Å². The number of hydrogen-bond acceptors (Lipinski definition) is 6. The van der Waals surface area contributed by atoms with Crippen LogP contribution in [0.5, 0.6) is 0 Å². The summed E-state index contributed by atoms with van der Waals surface area (Å²) in [5.41, 5.74) is -1.44. The summed E-state index contributed by atoms with van der Waals surface area (Å²) in [6.45, 7) is 3.59. The predicted octanol–water partition coefficient (Wildman–Crippen LogP) is 1.41. The minimum Gasteiger partial charge on any atom is -0.465 e. The van der Waals surface area contributed by atoms with Crippen LogP contribution in [0, 0.1) is 17.3 Å². The van der Waals surface area contributed by atoms with Crippen molar-refractivity contribution in [2.24, 2.45) is 17.3 Å². The summed E-state index contributed by atoms with van der Waals surface area (Å²) in [5.74, 6) is -1.84.